The highest BCUT2D eigenvalue weighted by molar-refractivity contribution is 7.89. The molecule has 0 aromatic heterocycles. The van der Waals surface area contributed by atoms with E-state index in [9.17, 15) is 13.2 Å². The quantitative estimate of drug-likeness (QED) is 0.801. The third kappa shape index (κ3) is 3.32. The average molecular weight is 303 g/mol. The third-order valence-electron chi connectivity index (χ3n) is 4.16. The van der Waals surface area contributed by atoms with Gasteiger partial charge in [0.15, 0.2) is 0 Å². The Bertz CT molecular complexity index is 444. The van der Waals surface area contributed by atoms with Crippen LogP contribution in [0.4, 0.5) is 0 Å². The molecule has 0 saturated carbocycles. The van der Waals surface area contributed by atoms with Crippen molar-refractivity contribution < 1.29 is 13.2 Å². The Morgan fingerprint density at radius 3 is 2.45 bits per heavy atom. The number of nitrogens with zero attached hydrogens (tertiary/aromatic N) is 2. The molecule has 2 saturated heterocycles. The first-order valence-corrected chi connectivity index (χ1v) is 9.10. The predicted molar refractivity (Wildman–Crippen MR) is 77.6 cm³/mol. The van der Waals surface area contributed by atoms with E-state index in [-0.39, 0.29) is 17.7 Å². The molecule has 2 aliphatic rings. The van der Waals surface area contributed by atoms with Gasteiger partial charge in [0, 0.05) is 25.7 Å². The molecule has 2 heterocycles. The molecule has 0 spiro atoms. The second-order valence-corrected chi connectivity index (χ2v) is 7.79. The van der Waals surface area contributed by atoms with Crippen molar-refractivity contribution in [2.24, 2.45) is 5.73 Å². The van der Waals surface area contributed by atoms with Crippen LogP contribution in [0.2, 0.25) is 0 Å². The van der Waals surface area contributed by atoms with Gasteiger partial charge < -0.3 is 10.6 Å². The van der Waals surface area contributed by atoms with Gasteiger partial charge in [-0.2, -0.15) is 4.31 Å². The fourth-order valence-corrected chi connectivity index (χ4v) is 4.77. The molecule has 0 aliphatic carbocycles. The van der Waals surface area contributed by atoms with E-state index in [1.54, 1.807) is 4.90 Å². The molecule has 0 aromatic rings. The Morgan fingerprint density at radius 1 is 1.20 bits per heavy atom. The Hall–Kier alpha value is -0.660. The fourth-order valence-electron chi connectivity index (χ4n) is 3.03. The van der Waals surface area contributed by atoms with Crippen LogP contribution in [0.3, 0.4) is 0 Å². The molecule has 1 unspecified atom stereocenters. The summed E-state index contributed by atoms with van der Waals surface area (Å²) in [4.78, 5) is 14.3. The lowest BCUT2D eigenvalue weighted by Gasteiger charge is -2.34. The minimum atomic E-state index is -3.29. The summed E-state index contributed by atoms with van der Waals surface area (Å²) in [6.45, 7) is 3.62. The molecule has 0 aromatic carbocycles. The number of hydrogen-bond acceptors (Lipinski definition) is 4. The molecule has 0 bridgehead atoms. The largest absolute Gasteiger partial charge is 0.341 e. The summed E-state index contributed by atoms with van der Waals surface area (Å²) in [5.74, 6) is 0.0934. The number of hydrogen-bond donors (Lipinski definition) is 1. The smallest absolute Gasteiger partial charge is 0.241 e. The van der Waals surface area contributed by atoms with Crippen LogP contribution in [0.1, 0.15) is 39.0 Å². The number of amides is 1. The van der Waals surface area contributed by atoms with Gasteiger partial charge >= 0.3 is 0 Å². The van der Waals surface area contributed by atoms with Crippen molar-refractivity contribution in [3.63, 3.8) is 0 Å². The summed E-state index contributed by atoms with van der Waals surface area (Å²) in [6, 6.07) is -0.316. The average Bonchev–Trinajstić information content (AvgIpc) is 2.88. The number of nitrogens with two attached hydrogens (primary N) is 1. The Morgan fingerprint density at radius 2 is 1.85 bits per heavy atom. The molecule has 2 fully saturated rings. The van der Waals surface area contributed by atoms with Gasteiger partial charge in [-0.15, -0.1) is 0 Å². The summed E-state index contributed by atoms with van der Waals surface area (Å²) in [5.41, 5.74) is 5.84. The normalized spacial score (nSPS) is 26.1. The van der Waals surface area contributed by atoms with Gasteiger partial charge in [-0.25, -0.2) is 8.42 Å². The maximum atomic E-state index is 12.5. The minimum Gasteiger partial charge on any atom is -0.341 e. The first-order chi connectivity index (χ1) is 9.45. The lowest BCUT2D eigenvalue weighted by atomic mass is 10.0. The van der Waals surface area contributed by atoms with Crippen LogP contribution in [-0.4, -0.2) is 61.0 Å². The molecule has 2 rings (SSSR count). The molecule has 20 heavy (non-hydrogen) atoms. The number of likely N-dealkylation sites (tertiary alicyclic amines) is 1. The third-order valence-corrected chi connectivity index (χ3v) is 6.24. The van der Waals surface area contributed by atoms with Crippen LogP contribution in [0.25, 0.3) is 0 Å². The first kappa shape index (κ1) is 15.7. The maximum Gasteiger partial charge on any atom is 0.241 e. The van der Waals surface area contributed by atoms with E-state index in [2.05, 4.69) is 0 Å². The highest BCUT2D eigenvalue weighted by atomic mass is 32.2. The van der Waals surface area contributed by atoms with Gasteiger partial charge in [-0.3, -0.25) is 4.79 Å². The molecule has 2 N–H and O–H groups in total. The molecular weight excluding hydrogens is 278 g/mol. The Balaban J connectivity index is 2.05. The van der Waals surface area contributed by atoms with Crippen molar-refractivity contribution in [2.45, 2.75) is 51.1 Å². The zero-order chi connectivity index (χ0) is 14.8. The van der Waals surface area contributed by atoms with Gasteiger partial charge in [0.05, 0.1) is 5.75 Å². The number of carbonyl (C=O) groups is 1. The van der Waals surface area contributed by atoms with Crippen LogP contribution in [0, 0.1) is 0 Å². The maximum absolute atomic E-state index is 12.5. The summed E-state index contributed by atoms with van der Waals surface area (Å²) >= 11 is 0. The van der Waals surface area contributed by atoms with E-state index < -0.39 is 16.1 Å². The minimum absolute atomic E-state index is 0.0333. The summed E-state index contributed by atoms with van der Waals surface area (Å²) in [5, 5.41) is 0. The molecular formula is C13H25N3O3S. The molecule has 6 nitrogen and oxygen atoms in total. The van der Waals surface area contributed by atoms with E-state index in [4.69, 9.17) is 5.73 Å². The van der Waals surface area contributed by atoms with Crippen molar-refractivity contribution in [2.75, 3.05) is 25.4 Å². The molecule has 0 radical (unpaired) electrons. The van der Waals surface area contributed by atoms with E-state index in [1.165, 1.54) is 4.31 Å². The number of piperidine rings is 1. The summed E-state index contributed by atoms with van der Waals surface area (Å²) < 4.78 is 25.9. The second kappa shape index (κ2) is 6.41. The molecule has 1 amide bonds. The number of sulfonamides is 1. The zero-order valence-electron chi connectivity index (χ0n) is 12.1. The van der Waals surface area contributed by atoms with Gasteiger partial charge in [0.25, 0.3) is 0 Å². The van der Waals surface area contributed by atoms with Gasteiger partial charge in [-0.1, -0.05) is 6.92 Å². The van der Waals surface area contributed by atoms with Gasteiger partial charge in [-0.05, 0) is 32.1 Å². The fraction of sp³-hybridized carbons (Fsp3) is 0.923. The van der Waals surface area contributed by atoms with E-state index in [0.29, 0.717) is 32.5 Å². The lowest BCUT2D eigenvalue weighted by molar-refractivity contribution is -0.135. The van der Waals surface area contributed by atoms with Crippen LogP contribution < -0.4 is 5.73 Å². The van der Waals surface area contributed by atoms with Crippen LogP contribution in [0.5, 0.6) is 0 Å². The van der Waals surface area contributed by atoms with Crippen molar-refractivity contribution in [3.8, 4) is 0 Å². The molecule has 7 heteroatoms. The van der Waals surface area contributed by atoms with Crippen LogP contribution >= 0.6 is 0 Å². The van der Waals surface area contributed by atoms with E-state index in [0.717, 1.165) is 19.3 Å². The SMILES string of the molecule is CCCS(=O)(=O)N1CCCC1C(=O)N1CCC(N)CC1. The zero-order valence-corrected chi connectivity index (χ0v) is 12.9. The van der Waals surface area contributed by atoms with E-state index >= 15 is 0 Å². The van der Waals surface area contributed by atoms with Crippen molar-refractivity contribution in [3.05, 3.63) is 0 Å². The van der Waals surface area contributed by atoms with E-state index in [1.807, 2.05) is 6.92 Å². The Kier molecular flexibility index (Phi) is 5.04. The monoisotopic (exact) mass is 303 g/mol. The predicted octanol–water partition coefficient (Wildman–Crippen LogP) is 0.140. The number of rotatable bonds is 4. The summed E-state index contributed by atoms with van der Waals surface area (Å²) in [6.07, 6.45) is 3.61. The van der Waals surface area contributed by atoms with Gasteiger partial charge in [0.1, 0.15) is 6.04 Å². The van der Waals surface area contributed by atoms with Crippen LogP contribution in [0.15, 0.2) is 0 Å². The highest BCUT2D eigenvalue weighted by Gasteiger charge is 2.40. The topological polar surface area (TPSA) is 83.7 Å². The first-order valence-electron chi connectivity index (χ1n) is 7.49. The lowest BCUT2D eigenvalue weighted by Crippen LogP contribution is -2.51. The van der Waals surface area contributed by atoms with Crippen molar-refractivity contribution >= 4 is 15.9 Å². The van der Waals surface area contributed by atoms with Crippen molar-refractivity contribution in [1.29, 1.82) is 0 Å². The highest BCUT2D eigenvalue weighted by Crippen LogP contribution is 2.24. The van der Waals surface area contributed by atoms with Crippen LogP contribution in [-0.2, 0) is 14.8 Å². The van der Waals surface area contributed by atoms with Crippen molar-refractivity contribution in [1.82, 2.24) is 9.21 Å². The molecule has 116 valence electrons. The van der Waals surface area contributed by atoms with Gasteiger partial charge in [0.2, 0.25) is 15.9 Å². The summed E-state index contributed by atoms with van der Waals surface area (Å²) in [7, 11) is -3.29. The standard InChI is InChI=1S/C13H25N3O3S/c1-2-10-20(18,19)16-7-3-4-12(16)13(17)15-8-5-11(14)6-9-15/h11-12H,2-10,14H2,1H3. The number of carbonyl (C=O) groups excluding carboxylic acids is 1. The molecule has 1 atom stereocenters. The second-order valence-electron chi connectivity index (χ2n) is 5.75. The molecule has 2 aliphatic heterocycles. The Labute approximate surface area is 121 Å².